The van der Waals surface area contributed by atoms with E-state index >= 15 is 0 Å². The maximum Gasteiger partial charge on any atom is 0.316 e. The van der Waals surface area contributed by atoms with Gasteiger partial charge in [0.2, 0.25) is 5.91 Å². The fourth-order valence-electron chi connectivity index (χ4n) is 11.0. The van der Waals surface area contributed by atoms with Crippen molar-refractivity contribution in [2.45, 2.75) is 82.6 Å². The summed E-state index contributed by atoms with van der Waals surface area (Å²) in [7, 11) is 1.60. The number of esters is 1. The Morgan fingerprint density at radius 2 is 1.95 bits per heavy atom. The Kier molecular flexibility index (Phi) is 6.25. The molecule has 4 heterocycles. The van der Waals surface area contributed by atoms with E-state index < -0.39 is 40.5 Å². The first kappa shape index (κ1) is 28.3. The van der Waals surface area contributed by atoms with Crippen LogP contribution in [0.25, 0.3) is 0 Å². The van der Waals surface area contributed by atoms with Gasteiger partial charge in [-0.15, -0.1) is 0 Å². The number of nitrogens with one attached hydrogen (secondary N) is 1. The number of rotatable bonds is 4. The van der Waals surface area contributed by atoms with Crippen molar-refractivity contribution in [3.8, 4) is 5.75 Å². The van der Waals surface area contributed by atoms with Crippen LogP contribution >= 0.6 is 0 Å². The lowest BCUT2D eigenvalue weighted by Crippen LogP contribution is -2.59. The van der Waals surface area contributed by atoms with Gasteiger partial charge >= 0.3 is 5.97 Å². The van der Waals surface area contributed by atoms with Crippen molar-refractivity contribution >= 4 is 17.6 Å². The fourth-order valence-corrected chi connectivity index (χ4v) is 11.0. The summed E-state index contributed by atoms with van der Waals surface area (Å²) in [6.45, 7) is 9.24. The fraction of sp³-hybridized carbons (Fsp3) is 0.697. The van der Waals surface area contributed by atoms with Crippen LogP contribution in [0, 0.1) is 34.0 Å². The summed E-state index contributed by atoms with van der Waals surface area (Å²) in [4.78, 5) is 30.8. The Morgan fingerprint density at radius 3 is 2.64 bits per heavy atom. The molecule has 4 N–H and O–H groups in total. The molecule has 2 spiro atoms. The summed E-state index contributed by atoms with van der Waals surface area (Å²) >= 11 is 0. The Hall–Kier alpha value is -2.46. The second kappa shape index (κ2) is 9.27. The molecule has 4 aliphatic heterocycles. The van der Waals surface area contributed by atoms with Crippen molar-refractivity contribution in [2.75, 3.05) is 32.2 Å². The van der Waals surface area contributed by atoms with Crippen LogP contribution in [0.4, 0.5) is 5.69 Å². The topological polar surface area (TPSA) is 129 Å². The van der Waals surface area contributed by atoms with Gasteiger partial charge in [0.25, 0.3) is 0 Å². The van der Waals surface area contributed by atoms with Gasteiger partial charge in [0.05, 0.1) is 19.8 Å². The summed E-state index contributed by atoms with van der Waals surface area (Å²) in [5, 5.41) is 36.6. The van der Waals surface area contributed by atoms with Crippen molar-refractivity contribution in [3.05, 3.63) is 35.9 Å². The number of hydrogen-bond acceptors (Lipinski definition) is 8. The molecule has 0 radical (unpaired) electrons. The van der Waals surface area contributed by atoms with Crippen molar-refractivity contribution in [1.82, 2.24) is 4.90 Å². The summed E-state index contributed by atoms with van der Waals surface area (Å²) in [5.41, 5.74) is -0.865. The highest BCUT2D eigenvalue weighted by molar-refractivity contribution is 6.07. The van der Waals surface area contributed by atoms with Gasteiger partial charge in [-0.05, 0) is 86.9 Å². The molecular formula is C33H44N2O7. The molecule has 9 heteroatoms. The molecule has 0 aromatic heterocycles. The number of anilines is 1. The summed E-state index contributed by atoms with van der Waals surface area (Å²) in [6.07, 6.45) is 3.21. The number of carbonyl (C=O) groups is 2. The van der Waals surface area contributed by atoms with E-state index in [0.717, 1.165) is 36.8 Å². The van der Waals surface area contributed by atoms with Crippen molar-refractivity contribution in [2.24, 2.45) is 34.0 Å². The van der Waals surface area contributed by atoms with Crippen LogP contribution in [0.3, 0.4) is 0 Å². The zero-order valence-corrected chi connectivity index (χ0v) is 24.9. The molecule has 1 aromatic carbocycles. The van der Waals surface area contributed by atoms with Gasteiger partial charge in [-0.2, -0.15) is 0 Å². The van der Waals surface area contributed by atoms with Gasteiger partial charge in [-0.25, -0.2) is 0 Å². The maximum absolute atomic E-state index is 14.5. The maximum atomic E-state index is 14.5. The first-order valence-electron chi connectivity index (χ1n) is 15.6. The number of methoxy groups -OCH3 is 1. The molecule has 2 unspecified atom stereocenters. The molecule has 2 saturated carbocycles. The number of amides is 1. The van der Waals surface area contributed by atoms with Gasteiger partial charge in [0, 0.05) is 28.6 Å². The standard InChI is InChI=1S/C33H44N2O7/c1-18-7-10-23-30(2,12-11-26(37)31(23,3)17-36)20(18)15-24-32(27(38)16-42-29(32)40)25-6-5-13-35(25)33(24)21-14-19(41-4)8-9-22(21)34-28(33)39/h8-9,14,20,23-27,36-38H,1,5-7,10-13,15-17H2,2-4H3,(H,34,39)/t20-,23+,24?,25?,26-,27-,30-,31+,32-,33+/m1/s1. The molecular weight excluding hydrogens is 536 g/mol. The molecule has 1 aromatic rings. The monoisotopic (exact) mass is 580 g/mol. The molecule has 5 fully saturated rings. The average Bonchev–Trinajstić information content (AvgIpc) is 3.70. The second-order valence-electron chi connectivity index (χ2n) is 14.3. The Labute approximate surface area is 247 Å². The zero-order chi connectivity index (χ0) is 29.8. The number of carbonyl (C=O) groups excluding carboxylic acids is 2. The van der Waals surface area contributed by atoms with Gasteiger partial charge in [0.15, 0.2) is 0 Å². The van der Waals surface area contributed by atoms with Crippen LogP contribution in [0.1, 0.15) is 64.4 Å². The third-order valence-electron chi connectivity index (χ3n) is 13.0. The first-order chi connectivity index (χ1) is 20.0. The summed E-state index contributed by atoms with van der Waals surface area (Å²) < 4.78 is 11.3. The van der Waals surface area contributed by atoms with Gasteiger partial charge in [0.1, 0.15) is 29.4 Å². The van der Waals surface area contributed by atoms with E-state index in [-0.39, 0.29) is 42.4 Å². The van der Waals surface area contributed by atoms with Crippen molar-refractivity contribution in [1.29, 1.82) is 0 Å². The lowest BCUT2D eigenvalue weighted by atomic mass is 9.44. The van der Waals surface area contributed by atoms with E-state index in [4.69, 9.17) is 9.47 Å². The largest absolute Gasteiger partial charge is 0.497 e. The third-order valence-corrected chi connectivity index (χ3v) is 13.0. The van der Waals surface area contributed by atoms with Crippen molar-refractivity contribution < 1.29 is 34.4 Å². The highest BCUT2D eigenvalue weighted by Crippen LogP contribution is 2.70. The van der Waals surface area contributed by atoms with E-state index in [9.17, 15) is 24.9 Å². The number of benzene rings is 1. The molecule has 3 saturated heterocycles. The Balaban J connectivity index is 1.43. The number of hydrogen-bond donors (Lipinski definition) is 4. The number of nitrogens with zero attached hydrogens (tertiary/aromatic N) is 1. The average molecular weight is 581 g/mol. The minimum atomic E-state index is -1.27. The third kappa shape index (κ3) is 3.18. The molecule has 2 aliphatic carbocycles. The number of allylic oxidation sites excluding steroid dienone is 1. The van der Waals surface area contributed by atoms with E-state index in [2.05, 4.69) is 23.7 Å². The normalized spacial score (nSPS) is 46.1. The smallest absolute Gasteiger partial charge is 0.316 e. The summed E-state index contributed by atoms with van der Waals surface area (Å²) in [5.74, 6) is -0.597. The van der Waals surface area contributed by atoms with Crippen LogP contribution < -0.4 is 10.1 Å². The minimum Gasteiger partial charge on any atom is -0.497 e. The number of aliphatic hydroxyl groups excluding tert-OH is 3. The number of fused-ring (bicyclic) bond motifs is 6. The lowest BCUT2D eigenvalue weighted by molar-refractivity contribution is -0.161. The number of aliphatic hydroxyl groups is 3. The lowest BCUT2D eigenvalue weighted by Gasteiger charge is -2.60. The molecule has 6 aliphatic rings. The summed E-state index contributed by atoms with van der Waals surface area (Å²) in [6, 6.07) is 5.27. The van der Waals surface area contributed by atoms with Gasteiger partial charge in [-0.3, -0.25) is 14.5 Å². The van der Waals surface area contributed by atoms with Crippen LogP contribution in [0.2, 0.25) is 0 Å². The number of cyclic esters (lactones) is 1. The second-order valence-corrected chi connectivity index (χ2v) is 14.3. The molecule has 9 nitrogen and oxygen atoms in total. The molecule has 0 bridgehead atoms. The van der Waals surface area contributed by atoms with Gasteiger partial charge in [-0.1, -0.05) is 26.0 Å². The predicted octanol–water partition coefficient (Wildman–Crippen LogP) is 2.97. The van der Waals surface area contributed by atoms with Crippen molar-refractivity contribution in [3.63, 3.8) is 0 Å². The Bertz CT molecular complexity index is 1350. The SMILES string of the molecule is C=C1CC[C@@H]2[C@](C)(CO)[C@H](O)CC[C@]2(C)[C@@H]1CC1[C@@]2(C(=O)OC[C@H]2O)C2CCCN2[C@]12C(=O)Nc1ccc(OC)cc12. The number of ether oxygens (including phenoxy) is 2. The van der Waals surface area contributed by atoms with E-state index in [1.807, 2.05) is 25.1 Å². The van der Waals surface area contributed by atoms with Gasteiger partial charge < -0.3 is 30.1 Å². The molecule has 1 amide bonds. The first-order valence-corrected chi connectivity index (χ1v) is 15.6. The van der Waals surface area contributed by atoms with Crippen LogP contribution in [0.15, 0.2) is 30.4 Å². The van der Waals surface area contributed by atoms with Crippen LogP contribution in [-0.4, -0.2) is 77.2 Å². The molecule has 10 atom stereocenters. The van der Waals surface area contributed by atoms with E-state index in [1.54, 1.807) is 7.11 Å². The quantitative estimate of drug-likeness (QED) is 0.316. The van der Waals surface area contributed by atoms with E-state index in [1.165, 1.54) is 0 Å². The van der Waals surface area contributed by atoms with Crippen LogP contribution in [-0.2, 0) is 19.9 Å². The highest BCUT2D eigenvalue weighted by atomic mass is 16.6. The molecule has 42 heavy (non-hydrogen) atoms. The minimum absolute atomic E-state index is 0.0348. The molecule has 7 rings (SSSR count). The van der Waals surface area contributed by atoms with Crippen LogP contribution in [0.5, 0.6) is 5.75 Å². The zero-order valence-electron chi connectivity index (χ0n) is 24.9. The predicted molar refractivity (Wildman–Crippen MR) is 154 cm³/mol. The Morgan fingerprint density at radius 1 is 1.17 bits per heavy atom. The van der Waals surface area contributed by atoms with E-state index in [0.29, 0.717) is 37.2 Å². The highest BCUT2D eigenvalue weighted by Gasteiger charge is 2.79. The molecule has 228 valence electrons.